The Labute approximate surface area is 168 Å². The first-order valence-electron chi connectivity index (χ1n) is 9.41. The van der Waals surface area contributed by atoms with Crippen molar-refractivity contribution in [3.63, 3.8) is 0 Å². The van der Waals surface area contributed by atoms with Crippen molar-refractivity contribution in [2.75, 3.05) is 18.6 Å². The number of nitrogens with zero attached hydrogens (tertiary/aromatic N) is 2. The summed E-state index contributed by atoms with van der Waals surface area (Å²) < 4.78 is 19.3. The van der Waals surface area contributed by atoms with Gasteiger partial charge in [0.05, 0.1) is 18.5 Å². The van der Waals surface area contributed by atoms with Gasteiger partial charge in [0, 0.05) is 11.1 Å². The molecule has 3 rings (SSSR count). The van der Waals surface area contributed by atoms with Gasteiger partial charge in [-0.05, 0) is 48.4 Å². The summed E-state index contributed by atoms with van der Waals surface area (Å²) in [4.78, 5) is 30.6. The van der Waals surface area contributed by atoms with Gasteiger partial charge in [0.2, 0.25) is 0 Å². The van der Waals surface area contributed by atoms with E-state index in [-0.39, 0.29) is 5.92 Å². The lowest BCUT2D eigenvalue weighted by Gasteiger charge is -2.25. The lowest BCUT2D eigenvalue weighted by molar-refractivity contribution is -0.136. The molecular weight excluding hydrogens is 375 g/mol. The summed E-state index contributed by atoms with van der Waals surface area (Å²) in [6.45, 7) is 3.32. The maximum Gasteiger partial charge on any atom is 0.323 e. The normalized spacial score (nSPS) is 17.2. The number of hydrogen-bond acceptors (Lipinski definition) is 4. The second-order valence-electron chi connectivity index (χ2n) is 7.02. The number of aliphatic imine (C=N–C) groups is 1. The Morgan fingerprint density at radius 1 is 1.28 bits per heavy atom. The summed E-state index contributed by atoms with van der Waals surface area (Å²) >= 11 is 0. The van der Waals surface area contributed by atoms with Crippen LogP contribution in [-0.2, 0) is 9.59 Å². The lowest BCUT2D eigenvalue weighted by Crippen LogP contribution is -2.43. The number of methoxy groups -OCH3 is 1. The number of benzene rings is 2. The number of carbonyl (C=O) groups excluding carboxylic acids is 1. The molecule has 1 amide bonds. The summed E-state index contributed by atoms with van der Waals surface area (Å²) in [5.41, 5.74) is 1.86. The standard InChI is InChI=1S/C22H23FN2O4/c1-4-13(2)20-22(28)25(12-19(26)27)18-10-7-15(23)11-17(18)21(24-20)14-5-8-16(29-3)9-6-14/h5-11,13,20H,4,12H2,1-3H3,(H,26,27)/t13?,20-/m0/s1. The molecule has 6 nitrogen and oxygen atoms in total. The Balaban J connectivity index is 2.25. The van der Waals surface area contributed by atoms with Crippen molar-refractivity contribution in [2.24, 2.45) is 10.9 Å². The van der Waals surface area contributed by atoms with E-state index >= 15 is 0 Å². The molecule has 7 heteroatoms. The Bertz CT molecular complexity index is 956. The van der Waals surface area contributed by atoms with Gasteiger partial charge in [-0.15, -0.1) is 0 Å². The Morgan fingerprint density at radius 3 is 2.55 bits per heavy atom. The lowest BCUT2D eigenvalue weighted by atomic mass is 9.97. The molecule has 152 valence electrons. The van der Waals surface area contributed by atoms with Crippen molar-refractivity contribution in [1.29, 1.82) is 0 Å². The van der Waals surface area contributed by atoms with E-state index < -0.39 is 30.3 Å². The SMILES string of the molecule is CCC(C)[C@@H]1N=C(c2ccc(OC)cc2)c2cc(F)ccc2N(CC(=O)O)C1=O. The molecular formula is C22H23FN2O4. The first-order chi connectivity index (χ1) is 13.8. The van der Waals surface area contributed by atoms with Gasteiger partial charge in [-0.3, -0.25) is 19.5 Å². The highest BCUT2D eigenvalue weighted by molar-refractivity contribution is 6.20. The number of ether oxygens (including phenoxy) is 1. The fourth-order valence-electron chi connectivity index (χ4n) is 3.35. The van der Waals surface area contributed by atoms with Gasteiger partial charge in [0.1, 0.15) is 24.2 Å². The molecule has 0 aromatic heterocycles. The van der Waals surface area contributed by atoms with Crippen LogP contribution in [0.4, 0.5) is 10.1 Å². The van der Waals surface area contributed by atoms with Crippen LogP contribution in [0.3, 0.4) is 0 Å². The van der Waals surface area contributed by atoms with Gasteiger partial charge >= 0.3 is 5.97 Å². The predicted molar refractivity (Wildman–Crippen MR) is 108 cm³/mol. The average Bonchev–Trinajstić information content (AvgIpc) is 2.82. The zero-order valence-electron chi connectivity index (χ0n) is 16.6. The molecule has 29 heavy (non-hydrogen) atoms. The van der Waals surface area contributed by atoms with Gasteiger partial charge in [0.25, 0.3) is 5.91 Å². The van der Waals surface area contributed by atoms with Crippen molar-refractivity contribution < 1.29 is 23.8 Å². The van der Waals surface area contributed by atoms with Crippen molar-refractivity contribution in [2.45, 2.75) is 26.3 Å². The predicted octanol–water partition coefficient (Wildman–Crippen LogP) is 3.52. The molecule has 1 aliphatic rings. The van der Waals surface area contributed by atoms with E-state index in [2.05, 4.69) is 0 Å². The van der Waals surface area contributed by atoms with E-state index in [0.29, 0.717) is 34.7 Å². The van der Waals surface area contributed by atoms with E-state index in [0.717, 1.165) is 0 Å². The van der Waals surface area contributed by atoms with Crippen LogP contribution in [0.25, 0.3) is 0 Å². The summed E-state index contributed by atoms with van der Waals surface area (Å²) in [6, 6.07) is 10.3. The van der Waals surface area contributed by atoms with Crippen LogP contribution >= 0.6 is 0 Å². The van der Waals surface area contributed by atoms with Gasteiger partial charge in [-0.25, -0.2) is 4.39 Å². The first kappa shape index (κ1) is 20.5. The van der Waals surface area contributed by atoms with Crippen molar-refractivity contribution in [1.82, 2.24) is 0 Å². The van der Waals surface area contributed by atoms with E-state index in [1.807, 2.05) is 13.8 Å². The number of rotatable bonds is 6. The number of carboxylic acid groups (broad SMARTS) is 1. The van der Waals surface area contributed by atoms with Gasteiger partial charge in [-0.1, -0.05) is 20.3 Å². The summed E-state index contributed by atoms with van der Waals surface area (Å²) in [7, 11) is 1.56. The van der Waals surface area contributed by atoms with Crippen molar-refractivity contribution in [3.8, 4) is 5.75 Å². The molecule has 0 fully saturated rings. The van der Waals surface area contributed by atoms with Crippen molar-refractivity contribution >= 4 is 23.3 Å². The van der Waals surface area contributed by atoms with E-state index in [1.54, 1.807) is 31.4 Å². The number of amides is 1. The quantitative estimate of drug-likeness (QED) is 0.808. The zero-order chi connectivity index (χ0) is 21.1. The topological polar surface area (TPSA) is 79.2 Å². The third-order valence-corrected chi connectivity index (χ3v) is 5.13. The summed E-state index contributed by atoms with van der Waals surface area (Å²) in [5, 5.41) is 9.36. The molecule has 0 bridgehead atoms. The number of anilines is 1. The van der Waals surface area contributed by atoms with Crippen LogP contribution < -0.4 is 9.64 Å². The van der Waals surface area contributed by atoms with E-state index in [9.17, 15) is 19.1 Å². The van der Waals surface area contributed by atoms with E-state index in [1.165, 1.54) is 23.1 Å². The van der Waals surface area contributed by atoms with Crippen molar-refractivity contribution in [3.05, 3.63) is 59.4 Å². The molecule has 1 unspecified atom stereocenters. The first-order valence-corrected chi connectivity index (χ1v) is 9.41. The second-order valence-corrected chi connectivity index (χ2v) is 7.02. The highest BCUT2D eigenvalue weighted by atomic mass is 19.1. The highest BCUT2D eigenvalue weighted by Crippen LogP contribution is 2.32. The largest absolute Gasteiger partial charge is 0.497 e. The minimum Gasteiger partial charge on any atom is -0.497 e. The maximum absolute atomic E-state index is 14.1. The molecule has 1 aliphatic heterocycles. The third-order valence-electron chi connectivity index (χ3n) is 5.13. The number of halogens is 1. The second kappa shape index (κ2) is 8.43. The average molecular weight is 398 g/mol. The molecule has 0 aliphatic carbocycles. The summed E-state index contributed by atoms with van der Waals surface area (Å²) in [6.07, 6.45) is 0.682. The highest BCUT2D eigenvalue weighted by Gasteiger charge is 2.35. The molecule has 2 atom stereocenters. The number of carboxylic acids is 1. The number of carbonyl (C=O) groups is 2. The van der Waals surface area contributed by atoms with Crippen LogP contribution in [0, 0.1) is 11.7 Å². The van der Waals surface area contributed by atoms with Crippen LogP contribution in [-0.4, -0.2) is 42.4 Å². The molecule has 2 aromatic rings. The summed E-state index contributed by atoms with van der Waals surface area (Å²) in [5.74, 6) is -1.51. The molecule has 1 N–H and O–H groups in total. The van der Waals surface area contributed by atoms with E-state index in [4.69, 9.17) is 9.73 Å². The molecule has 0 saturated carbocycles. The Morgan fingerprint density at radius 2 is 1.97 bits per heavy atom. The Kier molecular flexibility index (Phi) is 5.96. The fraction of sp³-hybridized carbons (Fsp3) is 0.318. The molecule has 0 saturated heterocycles. The molecule has 1 heterocycles. The maximum atomic E-state index is 14.1. The zero-order valence-corrected chi connectivity index (χ0v) is 16.6. The number of benzodiazepines with no additional fused rings is 1. The third kappa shape index (κ3) is 4.13. The van der Waals surface area contributed by atoms with Gasteiger partial charge in [-0.2, -0.15) is 0 Å². The minimum absolute atomic E-state index is 0.119. The van der Waals surface area contributed by atoms with Gasteiger partial charge in [0.15, 0.2) is 0 Å². The minimum atomic E-state index is -1.15. The number of aliphatic carboxylic acids is 1. The number of hydrogen-bond donors (Lipinski definition) is 1. The van der Waals surface area contributed by atoms with Gasteiger partial charge < -0.3 is 9.84 Å². The number of fused-ring (bicyclic) bond motifs is 1. The smallest absolute Gasteiger partial charge is 0.323 e. The van der Waals surface area contributed by atoms with Crippen LogP contribution in [0.15, 0.2) is 47.5 Å². The molecule has 0 radical (unpaired) electrons. The molecule has 2 aromatic carbocycles. The fourth-order valence-corrected chi connectivity index (χ4v) is 3.35. The Hall–Kier alpha value is -3.22. The molecule has 0 spiro atoms. The van der Waals surface area contributed by atoms with Crippen LogP contribution in [0.5, 0.6) is 5.75 Å². The van der Waals surface area contributed by atoms with Crippen LogP contribution in [0.2, 0.25) is 0 Å². The van der Waals surface area contributed by atoms with Crippen LogP contribution in [0.1, 0.15) is 31.4 Å². The monoisotopic (exact) mass is 398 g/mol.